The summed E-state index contributed by atoms with van der Waals surface area (Å²) >= 11 is 0. The van der Waals surface area contributed by atoms with E-state index in [4.69, 9.17) is 4.74 Å². The number of nitrogens with one attached hydrogen (secondary N) is 2. The molecule has 1 unspecified atom stereocenters. The van der Waals surface area contributed by atoms with Crippen molar-refractivity contribution < 1.29 is 23.1 Å². The van der Waals surface area contributed by atoms with Gasteiger partial charge in [-0.1, -0.05) is 12.1 Å². The Morgan fingerprint density at radius 2 is 1.94 bits per heavy atom. The molecule has 1 aromatic carbocycles. The smallest absolute Gasteiger partial charge is 0.338 e. The van der Waals surface area contributed by atoms with Crippen molar-refractivity contribution in [3.63, 3.8) is 0 Å². The first-order valence-electron chi connectivity index (χ1n) is 10.8. The van der Waals surface area contributed by atoms with Crippen LogP contribution < -0.4 is 15.5 Å². The van der Waals surface area contributed by atoms with Gasteiger partial charge in [-0.2, -0.15) is 0 Å². The zero-order valence-corrected chi connectivity index (χ0v) is 18.2. The van der Waals surface area contributed by atoms with Crippen molar-refractivity contribution in [1.29, 1.82) is 0 Å². The van der Waals surface area contributed by atoms with Crippen molar-refractivity contribution in [2.24, 2.45) is 0 Å². The minimum absolute atomic E-state index is 0.136. The number of piperazine rings is 1. The quantitative estimate of drug-likeness (QED) is 0.648. The molecule has 0 radical (unpaired) electrons. The van der Waals surface area contributed by atoms with Crippen LogP contribution in [0.2, 0.25) is 0 Å². The summed E-state index contributed by atoms with van der Waals surface area (Å²) in [4.78, 5) is 33.9. The summed E-state index contributed by atoms with van der Waals surface area (Å²) in [6.45, 7) is 4.96. The van der Waals surface area contributed by atoms with Gasteiger partial charge in [-0.05, 0) is 36.8 Å². The lowest BCUT2D eigenvalue weighted by molar-refractivity contribution is -0.139. The van der Waals surface area contributed by atoms with Crippen LogP contribution in [0.25, 0.3) is 0 Å². The Hall–Kier alpha value is -3.53. The van der Waals surface area contributed by atoms with Crippen molar-refractivity contribution in [2.75, 3.05) is 44.2 Å². The predicted octanol–water partition coefficient (Wildman–Crippen LogP) is 2.35. The molecule has 10 heteroatoms. The van der Waals surface area contributed by atoms with Crippen LogP contribution in [0.15, 0.2) is 53.9 Å². The fourth-order valence-corrected chi connectivity index (χ4v) is 4.03. The number of carbonyl (C=O) groups excluding carboxylic acids is 2. The summed E-state index contributed by atoms with van der Waals surface area (Å²) in [6, 6.07) is 7.57. The van der Waals surface area contributed by atoms with Gasteiger partial charge in [-0.15, -0.1) is 0 Å². The van der Waals surface area contributed by atoms with Gasteiger partial charge in [0.15, 0.2) is 11.6 Å². The van der Waals surface area contributed by atoms with Crippen LogP contribution in [0.5, 0.6) is 0 Å². The maximum atomic E-state index is 13.9. The first-order valence-corrected chi connectivity index (χ1v) is 10.8. The molecule has 1 fully saturated rings. The highest BCUT2D eigenvalue weighted by Gasteiger charge is 2.35. The number of anilines is 1. The van der Waals surface area contributed by atoms with Crippen LogP contribution in [0.4, 0.5) is 19.4 Å². The van der Waals surface area contributed by atoms with Crippen LogP contribution in [0.3, 0.4) is 0 Å². The molecule has 33 heavy (non-hydrogen) atoms. The van der Waals surface area contributed by atoms with Gasteiger partial charge in [0.1, 0.15) is 5.82 Å². The molecule has 2 aliphatic heterocycles. The third kappa shape index (κ3) is 5.11. The van der Waals surface area contributed by atoms with Crippen LogP contribution in [-0.2, 0) is 9.53 Å². The lowest BCUT2D eigenvalue weighted by Gasteiger charge is -2.37. The molecule has 2 N–H and O–H groups in total. The van der Waals surface area contributed by atoms with Gasteiger partial charge in [0.25, 0.3) is 0 Å². The fraction of sp³-hybridized carbons (Fsp3) is 0.348. The molecule has 4 rings (SSSR count). The molecule has 2 amide bonds. The number of hydrogen-bond donors (Lipinski definition) is 2. The van der Waals surface area contributed by atoms with E-state index in [9.17, 15) is 18.4 Å². The highest BCUT2D eigenvalue weighted by molar-refractivity contribution is 5.95. The molecule has 0 aliphatic carbocycles. The van der Waals surface area contributed by atoms with Gasteiger partial charge < -0.3 is 20.3 Å². The fourth-order valence-electron chi connectivity index (χ4n) is 4.03. The number of esters is 1. The van der Waals surface area contributed by atoms with E-state index in [1.54, 1.807) is 13.1 Å². The van der Waals surface area contributed by atoms with E-state index in [-0.39, 0.29) is 17.7 Å². The second-order valence-corrected chi connectivity index (χ2v) is 7.77. The van der Waals surface area contributed by atoms with E-state index >= 15 is 0 Å². The lowest BCUT2D eigenvalue weighted by Crippen LogP contribution is -2.52. The number of nitrogens with zero attached hydrogens (tertiary/aromatic N) is 3. The van der Waals surface area contributed by atoms with Gasteiger partial charge in [-0.3, -0.25) is 4.90 Å². The van der Waals surface area contributed by atoms with Crippen LogP contribution in [0.1, 0.15) is 18.5 Å². The average Bonchev–Trinajstić information content (AvgIpc) is 2.81. The number of benzene rings is 1. The summed E-state index contributed by atoms with van der Waals surface area (Å²) < 4.78 is 32.6. The second kappa shape index (κ2) is 9.95. The topological polar surface area (TPSA) is 86.8 Å². The first kappa shape index (κ1) is 22.7. The predicted molar refractivity (Wildman–Crippen MR) is 117 cm³/mol. The second-order valence-electron chi connectivity index (χ2n) is 7.77. The molecule has 0 saturated carbocycles. The van der Waals surface area contributed by atoms with Crippen molar-refractivity contribution in [2.45, 2.75) is 13.0 Å². The zero-order chi connectivity index (χ0) is 23.4. The van der Waals surface area contributed by atoms with E-state index < -0.39 is 29.7 Å². The third-order valence-corrected chi connectivity index (χ3v) is 5.65. The van der Waals surface area contributed by atoms with Gasteiger partial charge in [0.2, 0.25) is 0 Å². The maximum Gasteiger partial charge on any atom is 0.338 e. The number of rotatable bonds is 6. The SMILES string of the molecule is CCOC(=O)C1=C(CN2CCN(c3ccccn3)CC2)NC(=O)NC1c1ccc(F)c(F)c1. The molecule has 174 valence electrons. The molecular weight excluding hydrogens is 432 g/mol. The van der Waals surface area contributed by atoms with Crippen LogP contribution in [0, 0.1) is 11.6 Å². The Balaban J connectivity index is 1.58. The number of carbonyl (C=O) groups is 2. The van der Waals surface area contributed by atoms with Gasteiger partial charge in [0.05, 0.1) is 18.2 Å². The third-order valence-electron chi connectivity index (χ3n) is 5.65. The maximum absolute atomic E-state index is 13.9. The van der Waals surface area contributed by atoms with Crippen molar-refractivity contribution in [3.8, 4) is 0 Å². The summed E-state index contributed by atoms with van der Waals surface area (Å²) in [7, 11) is 0. The summed E-state index contributed by atoms with van der Waals surface area (Å²) in [5.74, 6) is -1.79. The molecule has 1 aromatic heterocycles. The summed E-state index contributed by atoms with van der Waals surface area (Å²) in [6.07, 6.45) is 1.75. The molecule has 3 heterocycles. The van der Waals surface area contributed by atoms with E-state index in [1.807, 2.05) is 18.2 Å². The molecule has 0 bridgehead atoms. The highest BCUT2D eigenvalue weighted by Crippen LogP contribution is 2.29. The zero-order valence-electron chi connectivity index (χ0n) is 18.2. The minimum Gasteiger partial charge on any atom is -0.463 e. The van der Waals surface area contributed by atoms with Crippen molar-refractivity contribution in [1.82, 2.24) is 20.5 Å². The largest absolute Gasteiger partial charge is 0.463 e. The van der Waals surface area contributed by atoms with Crippen molar-refractivity contribution >= 4 is 17.8 Å². The number of amides is 2. The Morgan fingerprint density at radius 1 is 1.15 bits per heavy atom. The number of ether oxygens (including phenoxy) is 1. The number of pyridine rings is 1. The number of hydrogen-bond acceptors (Lipinski definition) is 6. The Labute approximate surface area is 190 Å². The molecule has 1 saturated heterocycles. The normalized spacial score (nSPS) is 19.2. The van der Waals surface area contributed by atoms with Gasteiger partial charge in [0, 0.05) is 44.6 Å². The van der Waals surface area contributed by atoms with Crippen molar-refractivity contribution in [3.05, 3.63) is 71.1 Å². The molecule has 1 atom stereocenters. The highest BCUT2D eigenvalue weighted by atomic mass is 19.2. The van der Waals surface area contributed by atoms with E-state index in [0.29, 0.717) is 25.3 Å². The van der Waals surface area contributed by atoms with E-state index in [1.165, 1.54) is 6.07 Å². The van der Waals surface area contributed by atoms with E-state index in [2.05, 4.69) is 25.4 Å². The van der Waals surface area contributed by atoms with Gasteiger partial charge in [-0.25, -0.2) is 23.4 Å². The Kier molecular flexibility index (Phi) is 6.83. The van der Waals surface area contributed by atoms with Gasteiger partial charge >= 0.3 is 12.0 Å². The summed E-state index contributed by atoms with van der Waals surface area (Å²) in [5, 5.41) is 5.35. The Morgan fingerprint density at radius 3 is 2.61 bits per heavy atom. The van der Waals surface area contributed by atoms with Crippen LogP contribution in [-0.4, -0.2) is 61.2 Å². The number of halogens is 2. The summed E-state index contributed by atoms with van der Waals surface area (Å²) in [5.41, 5.74) is 0.817. The molecule has 2 aromatic rings. The van der Waals surface area contributed by atoms with Crippen LogP contribution >= 0.6 is 0 Å². The molecule has 0 spiro atoms. The molecular formula is C23H25F2N5O3. The van der Waals surface area contributed by atoms with E-state index in [0.717, 1.165) is 31.0 Å². The first-order chi connectivity index (χ1) is 16.0. The lowest BCUT2D eigenvalue weighted by atomic mass is 9.94. The molecule has 2 aliphatic rings. The monoisotopic (exact) mass is 457 g/mol. The number of aromatic nitrogens is 1. The standard InChI is InChI=1S/C23H25F2N5O3/c1-2-33-22(31)20-18(14-29-9-11-30(12-10-29)19-5-3-4-8-26-19)27-23(32)28-21(20)15-6-7-16(24)17(25)13-15/h3-8,13,21H,2,9-12,14H2,1H3,(H2,27,28,32). The number of urea groups is 1. The minimum atomic E-state index is -1.06. The average molecular weight is 457 g/mol. The Bertz CT molecular complexity index is 1060. The molecule has 8 nitrogen and oxygen atoms in total.